The number of hydrogen-bond donors (Lipinski definition) is 0. The van der Waals surface area contributed by atoms with E-state index in [0.717, 1.165) is 24.1 Å². The summed E-state index contributed by atoms with van der Waals surface area (Å²) in [5.74, 6) is 0.259. The van der Waals surface area contributed by atoms with Gasteiger partial charge in [0.15, 0.2) is 8.32 Å². The molecular weight excluding hydrogens is 594 g/mol. The predicted molar refractivity (Wildman–Crippen MR) is 157 cm³/mol. The van der Waals surface area contributed by atoms with Gasteiger partial charge in [0, 0.05) is 23.8 Å². The molecule has 0 saturated heterocycles. The highest BCUT2D eigenvalue weighted by atomic mass is 127. The van der Waals surface area contributed by atoms with Crippen molar-refractivity contribution in [2.24, 2.45) is 5.92 Å². The summed E-state index contributed by atoms with van der Waals surface area (Å²) in [7, 11) is -3.65. The third-order valence-electron chi connectivity index (χ3n) is 6.23. The SMILES string of the molecule is C[Si](C)(C)OC[C@H](C[P+](c1ccccc1)(c1ccccc1)c1ccccc1)C1=CC(=S)CC=C1.[I-]. The minimum atomic E-state index is -1.96. The zero-order valence-electron chi connectivity index (χ0n) is 20.7. The number of halogens is 1. The maximum atomic E-state index is 6.57. The largest absolute Gasteiger partial charge is 1.00 e. The van der Waals surface area contributed by atoms with Crippen LogP contribution in [0.1, 0.15) is 6.42 Å². The van der Waals surface area contributed by atoms with Crippen LogP contribution in [0.3, 0.4) is 0 Å². The summed E-state index contributed by atoms with van der Waals surface area (Å²) >= 11 is 5.63. The van der Waals surface area contributed by atoms with Gasteiger partial charge < -0.3 is 28.4 Å². The molecule has 0 unspecified atom stereocenters. The van der Waals surface area contributed by atoms with E-state index in [2.05, 4.69) is 129 Å². The number of rotatable bonds is 9. The van der Waals surface area contributed by atoms with E-state index in [0.29, 0.717) is 0 Å². The Balaban J connectivity index is 0.00000342. The zero-order valence-corrected chi connectivity index (χ0v) is 25.6. The van der Waals surface area contributed by atoms with Crippen LogP contribution in [0.5, 0.6) is 0 Å². The number of hydrogen-bond acceptors (Lipinski definition) is 2. The van der Waals surface area contributed by atoms with Gasteiger partial charge in [-0.3, -0.25) is 0 Å². The van der Waals surface area contributed by atoms with E-state index in [-0.39, 0.29) is 29.9 Å². The Hall–Kier alpha value is -1.43. The second-order valence-corrected chi connectivity index (χ2v) is 18.4. The second kappa shape index (κ2) is 12.7. The smallest absolute Gasteiger partial charge is 0.183 e. The molecular formula is C30H34IOPSSi. The lowest BCUT2D eigenvalue weighted by Gasteiger charge is -2.33. The number of thiocarbonyl (C=S) groups is 1. The minimum absolute atomic E-state index is 0. The highest BCUT2D eigenvalue weighted by Crippen LogP contribution is 2.57. The summed E-state index contributed by atoms with van der Waals surface area (Å²) in [5.41, 5.74) is 1.31. The van der Waals surface area contributed by atoms with Gasteiger partial charge >= 0.3 is 0 Å². The number of benzene rings is 3. The van der Waals surface area contributed by atoms with Crippen molar-refractivity contribution in [2.45, 2.75) is 26.1 Å². The van der Waals surface area contributed by atoms with E-state index in [1.807, 2.05) is 0 Å². The summed E-state index contributed by atoms with van der Waals surface area (Å²) in [6, 6.07) is 33.3. The normalized spacial score (nSPS) is 14.7. The first-order valence-electron chi connectivity index (χ1n) is 12.0. The first-order valence-corrected chi connectivity index (χ1v) is 17.8. The molecule has 0 N–H and O–H groups in total. The zero-order chi connectivity index (χ0) is 24.0. The molecule has 1 aliphatic carbocycles. The summed E-state index contributed by atoms with van der Waals surface area (Å²) in [5, 5.41) is 4.23. The molecule has 0 saturated carbocycles. The van der Waals surface area contributed by atoms with Crippen molar-refractivity contribution in [3.05, 3.63) is 115 Å². The van der Waals surface area contributed by atoms with E-state index >= 15 is 0 Å². The number of allylic oxidation sites excluding steroid dienone is 3. The molecule has 0 bridgehead atoms. The molecule has 0 spiro atoms. The molecule has 0 amide bonds. The molecule has 0 radical (unpaired) electrons. The van der Waals surface area contributed by atoms with Gasteiger partial charge in [-0.2, -0.15) is 0 Å². The van der Waals surface area contributed by atoms with E-state index in [9.17, 15) is 0 Å². The van der Waals surface area contributed by atoms with E-state index in [1.54, 1.807) is 0 Å². The molecule has 35 heavy (non-hydrogen) atoms. The molecule has 0 aromatic heterocycles. The molecule has 3 aromatic carbocycles. The fourth-order valence-electron chi connectivity index (χ4n) is 4.60. The molecule has 1 atom stereocenters. The second-order valence-electron chi connectivity index (χ2n) is 9.84. The molecule has 3 aromatic rings. The Bertz CT molecular complexity index is 1060. The molecule has 4 rings (SSSR count). The summed E-state index contributed by atoms with van der Waals surface area (Å²) < 4.78 is 6.57. The van der Waals surface area contributed by atoms with Gasteiger partial charge in [-0.15, -0.1) is 0 Å². The van der Waals surface area contributed by atoms with Gasteiger partial charge in [-0.1, -0.05) is 79.0 Å². The Labute approximate surface area is 235 Å². The molecule has 0 heterocycles. The Kier molecular flexibility index (Phi) is 10.2. The van der Waals surface area contributed by atoms with Crippen molar-refractivity contribution in [1.82, 2.24) is 0 Å². The lowest BCUT2D eigenvalue weighted by molar-refractivity contribution is -0.00000777. The van der Waals surface area contributed by atoms with Crippen molar-refractivity contribution < 1.29 is 28.4 Å². The first kappa shape index (κ1) is 28.1. The van der Waals surface area contributed by atoms with E-state index in [4.69, 9.17) is 16.6 Å². The van der Waals surface area contributed by atoms with Crippen LogP contribution in [-0.2, 0) is 4.43 Å². The van der Waals surface area contributed by atoms with Crippen molar-refractivity contribution >= 4 is 48.6 Å². The molecule has 5 heteroatoms. The van der Waals surface area contributed by atoms with Crippen molar-refractivity contribution in [3.63, 3.8) is 0 Å². The minimum Gasteiger partial charge on any atom is -1.00 e. The van der Waals surface area contributed by atoms with Gasteiger partial charge in [0.1, 0.15) is 23.2 Å². The Morgan fingerprint density at radius 1 is 0.800 bits per heavy atom. The third-order valence-corrected chi connectivity index (χ3v) is 12.1. The first-order chi connectivity index (χ1) is 16.4. The Morgan fingerprint density at radius 3 is 1.66 bits per heavy atom. The molecule has 0 fully saturated rings. The maximum absolute atomic E-state index is 6.57. The average Bonchev–Trinajstić information content (AvgIpc) is 2.85. The van der Waals surface area contributed by atoms with Crippen LogP contribution < -0.4 is 39.9 Å². The van der Waals surface area contributed by atoms with Crippen LogP contribution in [-0.4, -0.2) is 26.0 Å². The monoisotopic (exact) mass is 628 g/mol. The van der Waals surface area contributed by atoms with Crippen molar-refractivity contribution in [2.75, 3.05) is 12.8 Å². The highest BCUT2D eigenvalue weighted by molar-refractivity contribution is 7.95. The van der Waals surface area contributed by atoms with Crippen molar-refractivity contribution in [1.29, 1.82) is 0 Å². The Morgan fingerprint density at radius 2 is 1.26 bits per heavy atom. The predicted octanol–water partition coefficient (Wildman–Crippen LogP) is 3.71. The van der Waals surface area contributed by atoms with Crippen LogP contribution in [0.4, 0.5) is 0 Å². The fraction of sp³-hybridized carbons (Fsp3) is 0.233. The van der Waals surface area contributed by atoms with Crippen LogP contribution in [0, 0.1) is 5.92 Å². The van der Waals surface area contributed by atoms with E-state index < -0.39 is 15.6 Å². The van der Waals surface area contributed by atoms with Gasteiger partial charge in [0.05, 0.1) is 6.16 Å². The van der Waals surface area contributed by atoms with Crippen LogP contribution in [0.2, 0.25) is 19.6 Å². The molecule has 1 nitrogen and oxygen atoms in total. The van der Waals surface area contributed by atoms with Gasteiger partial charge in [-0.05, 0) is 67.7 Å². The summed E-state index contributed by atoms with van der Waals surface area (Å²) in [4.78, 5) is 1.01. The summed E-state index contributed by atoms with van der Waals surface area (Å²) in [6.45, 7) is 7.54. The summed E-state index contributed by atoms with van der Waals surface area (Å²) in [6.07, 6.45) is 8.59. The lowest BCUT2D eigenvalue weighted by atomic mass is 9.96. The quantitative estimate of drug-likeness (QED) is 0.155. The third kappa shape index (κ3) is 7.08. The van der Waals surface area contributed by atoms with E-state index in [1.165, 1.54) is 21.5 Å². The molecule has 182 valence electrons. The lowest BCUT2D eigenvalue weighted by Crippen LogP contribution is -3.00. The fourth-order valence-corrected chi connectivity index (χ4v) is 10.1. The van der Waals surface area contributed by atoms with Gasteiger partial charge in [0.2, 0.25) is 0 Å². The molecule has 0 aliphatic heterocycles. The average molecular weight is 629 g/mol. The van der Waals surface area contributed by atoms with Crippen LogP contribution in [0.25, 0.3) is 0 Å². The van der Waals surface area contributed by atoms with Crippen molar-refractivity contribution in [3.8, 4) is 0 Å². The standard InChI is InChI=1S/C30H34OPSSi.HI/c1-34(2,3)31-23-26(25-14-13-21-30(33)22-25)24-32(27-15-7-4-8-16-27,28-17-9-5-10-18-28)29-19-11-6-12-20-29;/h4-20,22,26H,21,23-24H2,1-3H3;1H/q+1;/p-1/t26-;/m1./s1. The van der Waals surface area contributed by atoms with Crippen LogP contribution >= 0.6 is 19.5 Å². The van der Waals surface area contributed by atoms with Crippen LogP contribution in [0.15, 0.2) is 115 Å². The maximum Gasteiger partial charge on any atom is 0.183 e. The highest BCUT2D eigenvalue weighted by Gasteiger charge is 2.47. The topological polar surface area (TPSA) is 9.23 Å². The molecule has 1 aliphatic rings. The van der Waals surface area contributed by atoms with Gasteiger partial charge in [0.25, 0.3) is 0 Å². The van der Waals surface area contributed by atoms with Gasteiger partial charge in [-0.25, -0.2) is 0 Å².